The van der Waals surface area contributed by atoms with Gasteiger partial charge in [-0.15, -0.1) is 11.8 Å². The third-order valence-corrected chi connectivity index (χ3v) is 3.46. The van der Waals surface area contributed by atoms with Gasteiger partial charge in [0.15, 0.2) is 0 Å². The summed E-state index contributed by atoms with van der Waals surface area (Å²) in [6.07, 6.45) is 0. The molecule has 1 rings (SSSR count). The third kappa shape index (κ3) is 5.23. The number of aliphatic carboxylic acids is 1. The van der Waals surface area contributed by atoms with Gasteiger partial charge in [-0.1, -0.05) is 6.07 Å². The number of benzene rings is 1. The van der Waals surface area contributed by atoms with Crippen LogP contribution < -0.4 is 5.32 Å². The van der Waals surface area contributed by atoms with Crippen LogP contribution in [0.2, 0.25) is 0 Å². The summed E-state index contributed by atoms with van der Waals surface area (Å²) in [7, 11) is 0. The van der Waals surface area contributed by atoms with Crippen molar-refractivity contribution in [1.82, 2.24) is 0 Å². The summed E-state index contributed by atoms with van der Waals surface area (Å²) in [6, 6.07) is 5.64. The Kier molecular flexibility index (Phi) is 5.50. The summed E-state index contributed by atoms with van der Waals surface area (Å²) in [5, 5.41) is 11.2. The monoisotopic (exact) mass is 317 g/mol. The van der Waals surface area contributed by atoms with Gasteiger partial charge in [-0.05, 0) is 40.5 Å². The van der Waals surface area contributed by atoms with Crippen molar-refractivity contribution >= 4 is 45.3 Å². The highest BCUT2D eigenvalue weighted by atomic mass is 79.9. The quantitative estimate of drug-likeness (QED) is 0.875. The van der Waals surface area contributed by atoms with Gasteiger partial charge in [-0.2, -0.15) is 0 Å². The highest BCUT2D eigenvalue weighted by Crippen LogP contribution is 2.23. The number of aryl methyl sites for hydroxylation is 1. The lowest BCUT2D eigenvalue weighted by Gasteiger charge is -2.07. The number of carbonyl (C=O) groups excluding carboxylic acids is 1. The first-order valence-electron chi connectivity index (χ1n) is 4.84. The first-order chi connectivity index (χ1) is 7.99. The number of carbonyl (C=O) groups is 2. The summed E-state index contributed by atoms with van der Waals surface area (Å²) in [4.78, 5) is 21.8. The average molecular weight is 318 g/mol. The van der Waals surface area contributed by atoms with Crippen LogP contribution in [0.1, 0.15) is 5.56 Å². The van der Waals surface area contributed by atoms with Crippen molar-refractivity contribution in [3.63, 3.8) is 0 Å². The van der Waals surface area contributed by atoms with Crippen LogP contribution >= 0.6 is 27.7 Å². The lowest BCUT2D eigenvalue weighted by molar-refractivity contribution is -0.133. The van der Waals surface area contributed by atoms with Crippen molar-refractivity contribution in [3.05, 3.63) is 28.2 Å². The Morgan fingerprint density at radius 2 is 2.12 bits per heavy atom. The smallest absolute Gasteiger partial charge is 0.313 e. The van der Waals surface area contributed by atoms with Gasteiger partial charge in [0.25, 0.3) is 0 Å². The van der Waals surface area contributed by atoms with Crippen LogP contribution in [0.3, 0.4) is 0 Å². The number of carboxylic acid groups (broad SMARTS) is 1. The van der Waals surface area contributed by atoms with Crippen LogP contribution in [0.15, 0.2) is 22.7 Å². The maximum absolute atomic E-state index is 11.5. The molecule has 0 aliphatic carbocycles. The molecule has 0 fully saturated rings. The van der Waals surface area contributed by atoms with Gasteiger partial charge >= 0.3 is 5.97 Å². The molecule has 92 valence electrons. The number of hydrogen-bond acceptors (Lipinski definition) is 3. The zero-order valence-electron chi connectivity index (χ0n) is 9.20. The molecule has 1 amide bonds. The molecule has 2 N–H and O–H groups in total. The third-order valence-electron chi connectivity index (χ3n) is 1.85. The van der Waals surface area contributed by atoms with Gasteiger partial charge in [0, 0.05) is 4.47 Å². The molecule has 0 heterocycles. The second kappa shape index (κ2) is 6.66. The Labute approximate surface area is 112 Å². The van der Waals surface area contributed by atoms with Crippen molar-refractivity contribution in [2.24, 2.45) is 0 Å². The zero-order chi connectivity index (χ0) is 12.8. The number of hydrogen-bond donors (Lipinski definition) is 2. The molecule has 0 aliphatic rings. The van der Waals surface area contributed by atoms with E-state index >= 15 is 0 Å². The number of nitrogens with one attached hydrogen (secondary N) is 1. The Morgan fingerprint density at radius 3 is 2.76 bits per heavy atom. The van der Waals surface area contributed by atoms with Crippen molar-refractivity contribution in [3.8, 4) is 0 Å². The number of rotatable bonds is 5. The van der Waals surface area contributed by atoms with Crippen molar-refractivity contribution in [2.45, 2.75) is 6.92 Å². The largest absolute Gasteiger partial charge is 0.481 e. The molecular weight excluding hydrogens is 306 g/mol. The fraction of sp³-hybridized carbons (Fsp3) is 0.273. The van der Waals surface area contributed by atoms with E-state index < -0.39 is 5.97 Å². The molecule has 6 heteroatoms. The molecule has 0 unspecified atom stereocenters. The van der Waals surface area contributed by atoms with Crippen molar-refractivity contribution < 1.29 is 14.7 Å². The van der Waals surface area contributed by atoms with Crippen LogP contribution in [-0.4, -0.2) is 28.5 Å². The minimum Gasteiger partial charge on any atom is -0.481 e. The molecule has 0 saturated carbocycles. The molecule has 1 aromatic rings. The van der Waals surface area contributed by atoms with E-state index in [2.05, 4.69) is 21.2 Å². The van der Waals surface area contributed by atoms with Crippen molar-refractivity contribution in [2.75, 3.05) is 16.8 Å². The lowest BCUT2D eigenvalue weighted by Crippen LogP contribution is -2.15. The summed E-state index contributed by atoms with van der Waals surface area (Å²) in [5.41, 5.74) is 1.74. The van der Waals surface area contributed by atoms with Gasteiger partial charge in [-0.25, -0.2) is 0 Å². The molecule has 0 radical (unpaired) electrons. The van der Waals surface area contributed by atoms with Crippen LogP contribution in [-0.2, 0) is 9.59 Å². The van der Waals surface area contributed by atoms with Crippen molar-refractivity contribution in [1.29, 1.82) is 0 Å². The van der Waals surface area contributed by atoms with Gasteiger partial charge in [-0.3, -0.25) is 9.59 Å². The molecular formula is C11H12BrNO3S. The molecule has 0 bridgehead atoms. The maximum Gasteiger partial charge on any atom is 0.313 e. The number of carboxylic acids is 1. The molecule has 0 saturated heterocycles. The van der Waals surface area contributed by atoms with E-state index in [0.29, 0.717) is 5.69 Å². The first-order valence-corrected chi connectivity index (χ1v) is 6.79. The minimum absolute atomic E-state index is 0.0671. The number of thioether (sulfide) groups is 1. The molecule has 0 atom stereocenters. The van der Waals surface area contributed by atoms with E-state index in [1.54, 1.807) is 0 Å². The van der Waals surface area contributed by atoms with Crippen LogP contribution in [0.25, 0.3) is 0 Å². The Hall–Kier alpha value is -1.01. The normalized spacial score (nSPS) is 10.0. The molecule has 17 heavy (non-hydrogen) atoms. The Morgan fingerprint density at radius 1 is 1.41 bits per heavy atom. The van der Waals surface area contributed by atoms with E-state index in [4.69, 9.17) is 5.11 Å². The predicted octanol–water partition coefficient (Wildman–Crippen LogP) is 2.51. The van der Waals surface area contributed by atoms with Crippen LogP contribution in [0, 0.1) is 6.92 Å². The van der Waals surface area contributed by atoms with Gasteiger partial charge in [0.05, 0.1) is 17.2 Å². The van der Waals surface area contributed by atoms with E-state index in [9.17, 15) is 9.59 Å². The van der Waals surface area contributed by atoms with Gasteiger partial charge in [0.2, 0.25) is 5.91 Å². The average Bonchev–Trinajstić information content (AvgIpc) is 2.23. The topological polar surface area (TPSA) is 66.4 Å². The summed E-state index contributed by atoms with van der Waals surface area (Å²) in [6.45, 7) is 1.93. The Balaban J connectivity index is 2.50. The van der Waals surface area contributed by atoms with E-state index in [1.807, 2.05) is 25.1 Å². The lowest BCUT2D eigenvalue weighted by atomic mass is 10.2. The highest BCUT2D eigenvalue weighted by molar-refractivity contribution is 9.10. The fourth-order valence-corrected chi connectivity index (χ4v) is 2.03. The number of anilines is 1. The maximum atomic E-state index is 11.5. The Bertz CT molecular complexity index is 437. The summed E-state index contributed by atoms with van der Waals surface area (Å²) < 4.78 is 0.805. The number of halogens is 1. The molecule has 1 aromatic carbocycles. The predicted molar refractivity (Wildman–Crippen MR) is 72.5 cm³/mol. The summed E-state index contributed by atoms with van der Waals surface area (Å²) >= 11 is 4.41. The zero-order valence-corrected chi connectivity index (χ0v) is 11.6. The highest BCUT2D eigenvalue weighted by Gasteiger charge is 2.07. The molecule has 0 aromatic heterocycles. The summed E-state index contributed by atoms with van der Waals surface area (Å²) in [5.74, 6) is -1.06. The van der Waals surface area contributed by atoms with Gasteiger partial charge in [0.1, 0.15) is 0 Å². The molecule has 0 spiro atoms. The van der Waals surface area contributed by atoms with Crippen LogP contribution in [0.4, 0.5) is 5.69 Å². The second-order valence-corrected chi connectivity index (χ2v) is 5.26. The van der Waals surface area contributed by atoms with E-state index in [-0.39, 0.29) is 17.4 Å². The second-order valence-electron chi connectivity index (χ2n) is 3.42. The van der Waals surface area contributed by atoms with Gasteiger partial charge < -0.3 is 10.4 Å². The standard InChI is InChI=1S/C11H12BrNO3S/c1-7-2-3-8(12)9(4-7)13-10(14)5-17-6-11(15)16/h2-4H,5-6H2,1H3,(H,13,14)(H,15,16). The minimum atomic E-state index is -0.917. The fourth-order valence-electron chi connectivity index (χ4n) is 1.15. The van der Waals surface area contributed by atoms with Crippen LogP contribution in [0.5, 0.6) is 0 Å². The molecule has 4 nitrogen and oxygen atoms in total. The molecule has 0 aliphatic heterocycles. The number of amides is 1. The first kappa shape index (κ1) is 14.1. The van der Waals surface area contributed by atoms with E-state index in [1.165, 1.54) is 0 Å². The van der Waals surface area contributed by atoms with E-state index in [0.717, 1.165) is 21.8 Å². The SMILES string of the molecule is Cc1ccc(Br)c(NC(=O)CSCC(=O)O)c1.